The highest BCUT2D eigenvalue weighted by Gasteiger charge is 2.19. The third-order valence-electron chi connectivity index (χ3n) is 5.91. The molecule has 1 aliphatic heterocycles. The highest BCUT2D eigenvalue weighted by molar-refractivity contribution is 6.03. The van der Waals surface area contributed by atoms with E-state index in [1.807, 2.05) is 0 Å². The number of carbonyl (C=O) groups excluding carboxylic acids is 1. The Morgan fingerprint density at radius 1 is 1.05 bits per heavy atom. The number of benzene rings is 2. The number of amides is 1. The number of anilines is 1. The van der Waals surface area contributed by atoms with Crippen LogP contribution in [0, 0.1) is 17.0 Å². The Bertz CT molecular complexity index is 1860. The molecule has 12 heteroatoms. The molecule has 41 heavy (non-hydrogen) atoms. The van der Waals surface area contributed by atoms with Crippen molar-refractivity contribution in [2.75, 3.05) is 5.32 Å². The third kappa shape index (κ3) is 5.76. The molecule has 0 bridgehead atoms. The minimum Gasteiger partial charge on any atom is -0.452 e. The highest BCUT2D eigenvalue weighted by Crippen LogP contribution is 2.29. The lowest BCUT2D eigenvalue weighted by Crippen LogP contribution is -2.38. The lowest BCUT2D eigenvalue weighted by atomic mass is 10.0. The molecule has 0 saturated carbocycles. The predicted molar refractivity (Wildman–Crippen MR) is 148 cm³/mol. The van der Waals surface area contributed by atoms with Crippen molar-refractivity contribution < 1.29 is 18.3 Å². The van der Waals surface area contributed by atoms with Crippen LogP contribution in [0.25, 0.3) is 11.3 Å². The largest absolute Gasteiger partial charge is 0.452 e. The average molecular weight is 555 g/mol. The molecule has 0 unspecified atom stereocenters. The zero-order valence-electron chi connectivity index (χ0n) is 21.0. The number of aromatic nitrogens is 3. The number of dihydropyridines is 1. The van der Waals surface area contributed by atoms with Gasteiger partial charge in [-0.2, -0.15) is 0 Å². The molecule has 5 rings (SSSR count). The monoisotopic (exact) mass is 554 g/mol. The van der Waals surface area contributed by atoms with Crippen molar-refractivity contribution in [2.24, 2.45) is 0 Å². The van der Waals surface area contributed by atoms with E-state index in [9.17, 15) is 18.8 Å². The first kappa shape index (κ1) is 26.7. The topological polar surface area (TPSA) is 142 Å². The number of halogens is 2. The van der Waals surface area contributed by atoms with Gasteiger partial charge in [0.25, 0.3) is 11.5 Å². The molecular weight excluding hydrogens is 534 g/mol. The van der Waals surface area contributed by atoms with Crippen LogP contribution in [0.5, 0.6) is 5.75 Å². The van der Waals surface area contributed by atoms with Crippen molar-refractivity contribution in [3.8, 4) is 11.4 Å². The smallest absolute Gasteiger partial charge is 0.333 e. The number of aromatic amines is 1. The number of carbonyl (C=O) groups is 1. The SMILES string of the molecule is N=C/C=C1\NC=C(c2ccncc2)C=C1Oc1ccc(NC(=O)c2c[nH]c(=O)n(-c3ccc(F)cc3)c2=O)cc1F. The van der Waals surface area contributed by atoms with Crippen LogP contribution in [0.3, 0.4) is 0 Å². The quantitative estimate of drug-likeness (QED) is 0.256. The minimum absolute atomic E-state index is 0.0159. The second kappa shape index (κ2) is 11.5. The van der Waals surface area contributed by atoms with Crippen molar-refractivity contribution in [3.63, 3.8) is 0 Å². The number of H-pyrrole nitrogens is 1. The van der Waals surface area contributed by atoms with Gasteiger partial charge in [-0.1, -0.05) is 0 Å². The summed E-state index contributed by atoms with van der Waals surface area (Å²) in [5.41, 5.74) is -0.126. The van der Waals surface area contributed by atoms with E-state index in [0.29, 0.717) is 10.3 Å². The number of nitrogens with one attached hydrogen (secondary N) is 4. The molecule has 2 aromatic heterocycles. The van der Waals surface area contributed by atoms with E-state index in [2.05, 4.69) is 20.6 Å². The van der Waals surface area contributed by atoms with Gasteiger partial charge in [0.05, 0.1) is 11.4 Å². The van der Waals surface area contributed by atoms with E-state index in [1.54, 1.807) is 36.8 Å². The first-order valence-corrected chi connectivity index (χ1v) is 12.0. The molecule has 204 valence electrons. The predicted octanol–water partition coefficient (Wildman–Crippen LogP) is 3.89. The molecule has 0 radical (unpaired) electrons. The molecule has 0 fully saturated rings. The van der Waals surface area contributed by atoms with Gasteiger partial charge in [0.15, 0.2) is 17.3 Å². The third-order valence-corrected chi connectivity index (χ3v) is 5.91. The summed E-state index contributed by atoms with van der Waals surface area (Å²) in [6, 6.07) is 11.8. The maximum Gasteiger partial charge on any atom is 0.333 e. The van der Waals surface area contributed by atoms with E-state index in [0.717, 1.165) is 41.7 Å². The molecule has 10 nitrogen and oxygen atoms in total. The van der Waals surface area contributed by atoms with Gasteiger partial charge in [-0.3, -0.25) is 14.6 Å². The van der Waals surface area contributed by atoms with E-state index in [4.69, 9.17) is 10.1 Å². The Balaban J connectivity index is 1.38. The number of hydrogen-bond acceptors (Lipinski definition) is 7. The van der Waals surface area contributed by atoms with Gasteiger partial charge in [-0.25, -0.2) is 18.1 Å². The zero-order valence-corrected chi connectivity index (χ0v) is 21.0. The fourth-order valence-corrected chi connectivity index (χ4v) is 3.93. The average Bonchev–Trinajstić information content (AvgIpc) is 2.97. The summed E-state index contributed by atoms with van der Waals surface area (Å²) in [5, 5.41) is 12.8. The van der Waals surface area contributed by atoms with Crippen molar-refractivity contribution in [2.45, 2.75) is 0 Å². The Morgan fingerprint density at radius 3 is 2.51 bits per heavy atom. The van der Waals surface area contributed by atoms with Gasteiger partial charge in [-0.15, -0.1) is 0 Å². The second-order valence-corrected chi connectivity index (χ2v) is 8.56. The van der Waals surface area contributed by atoms with E-state index in [1.165, 1.54) is 30.3 Å². The van der Waals surface area contributed by atoms with Crippen LogP contribution in [-0.2, 0) is 0 Å². The van der Waals surface area contributed by atoms with Crippen LogP contribution in [-0.4, -0.2) is 26.7 Å². The summed E-state index contributed by atoms with van der Waals surface area (Å²) in [5.74, 6) is -2.20. The fraction of sp³-hybridized carbons (Fsp3) is 0. The highest BCUT2D eigenvalue weighted by atomic mass is 19.1. The summed E-state index contributed by atoms with van der Waals surface area (Å²) in [7, 11) is 0. The molecule has 1 aliphatic rings. The van der Waals surface area contributed by atoms with Gasteiger partial charge in [0.2, 0.25) is 0 Å². The van der Waals surface area contributed by atoms with E-state index >= 15 is 4.39 Å². The molecule has 0 atom stereocenters. The normalized spacial score (nSPS) is 13.6. The number of allylic oxidation sites excluding steroid dienone is 3. The van der Waals surface area contributed by atoms with Crippen LogP contribution in [0.4, 0.5) is 14.5 Å². The molecule has 3 heterocycles. The first-order valence-electron chi connectivity index (χ1n) is 12.0. The van der Waals surface area contributed by atoms with Crippen LogP contribution in [0.1, 0.15) is 15.9 Å². The number of pyridine rings is 1. The van der Waals surface area contributed by atoms with Crippen molar-refractivity contribution >= 4 is 23.4 Å². The zero-order chi connectivity index (χ0) is 28.9. The van der Waals surface area contributed by atoms with Gasteiger partial charge >= 0.3 is 5.69 Å². The molecule has 0 saturated heterocycles. The molecule has 0 spiro atoms. The molecule has 0 aliphatic carbocycles. The van der Waals surface area contributed by atoms with E-state index in [-0.39, 0.29) is 22.9 Å². The van der Waals surface area contributed by atoms with Gasteiger partial charge < -0.3 is 25.8 Å². The van der Waals surface area contributed by atoms with Crippen molar-refractivity contribution in [3.05, 3.63) is 147 Å². The summed E-state index contributed by atoms with van der Waals surface area (Å²) >= 11 is 0. The molecule has 1 amide bonds. The number of hydrogen-bond donors (Lipinski definition) is 4. The Hall–Kier alpha value is -5.91. The molecule has 4 N–H and O–H groups in total. The van der Waals surface area contributed by atoms with Gasteiger partial charge in [-0.05, 0) is 66.2 Å². The van der Waals surface area contributed by atoms with E-state index < -0.39 is 34.4 Å². The Labute approximate surface area is 230 Å². The summed E-state index contributed by atoms with van der Waals surface area (Å²) in [6.07, 6.45) is 10.1. The van der Waals surface area contributed by atoms with Crippen LogP contribution in [0.2, 0.25) is 0 Å². The van der Waals surface area contributed by atoms with Crippen molar-refractivity contribution in [1.29, 1.82) is 5.41 Å². The Kier molecular flexibility index (Phi) is 7.45. The lowest BCUT2D eigenvalue weighted by Gasteiger charge is -2.19. The molecular formula is C29H20F2N6O4. The van der Waals surface area contributed by atoms with Gasteiger partial charge in [0.1, 0.15) is 11.4 Å². The fourth-order valence-electron chi connectivity index (χ4n) is 3.93. The second-order valence-electron chi connectivity index (χ2n) is 8.56. The van der Waals surface area contributed by atoms with Crippen LogP contribution < -0.4 is 26.6 Å². The maximum atomic E-state index is 15.1. The summed E-state index contributed by atoms with van der Waals surface area (Å²) in [4.78, 5) is 44.3. The number of rotatable bonds is 7. The lowest BCUT2D eigenvalue weighted by molar-refractivity contribution is 0.102. The van der Waals surface area contributed by atoms with Crippen molar-refractivity contribution in [1.82, 2.24) is 19.9 Å². The number of nitrogens with zero attached hydrogens (tertiary/aromatic N) is 2. The standard InChI is InChI=1S/C29H20F2N6O4/c30-19-1-4-21(5-2-19)37-28(39)22(16-35-29(37)40)27(38)36-20-3-6-25(23(31)14-20)41-26-13-18(15-34-24(26)7-10-32)17-8-11-33-12-9-17/h1-16,32,34H,(H,35,40)(H,36,38)/b24-7-,32-10?. The first-order chi connectivity index (χ1) is 19.8. The summed E-state index contributed by atoms with van der Waals surface area (Å²) < 4.78 is 34.9. The van der Waals surface area contributed by atoms with Gasteiger partial charge in [0, 0.05) is 48.3 Å². The molecule has 2 aromatic carbocycles. The molecule has 4 aromatic rings. The van der Waals surface area contributed by atoms with Crippen LogP contribution >= 0.6 is 0 Å². The maximum absolute atomic E-state index is 15.1. The summed E-state index contributed by atoms with van der Waals surface area (Å²) in [6.45, 7) is 0. The minimum atomic E-state index is -0.946. The Morgan fingerprint density at radius 2 is 1.80 bits per heavy atom. The number of ether oxygens (including phenoxy) is 1. The van der Waals surface area contributed by atoms with Crippen LogP contribution in [0.15, 0.2) is 113 Å².